The zero-order valence-electron chi connectivity index (χ0n) is 61.8. The zero-order chi connectivity index (χ0) is 69.8. The fraction of sp³-hybridized carbons (Fsp3) is 0.947. The Morgan fingerprint density at radius 3 is 0.747 bits per heavy atom. The van der Waals surface area contributed by atoms with Gasteiger partial charge in [0.15, 0.2) is 12.2 Å². The summed E-state index contributed by atoms with van der Waals surface area (Å²) in [6, 6.07) is 0. The van der Waals surface area contributed by atoms with Crippen molar-refractivity contribution in [2.75, 3.05) is 39.6 Å². The third-order valence-electron chi connectivity index (χ3n) is 18.1. The van der Waals surface area contributed by atoms with Crippen LogP contribution in [0.2, 0.25) is 0 Å². The summed E-state index contributed by atoms with van der Waals surface area (Å²) in [6.45, 7) is 7.19. The summed E-state index contributed by atoms with van der Waals surface area (Å²) in [4.78, 5) is 72.6. The van der Waals surface area contributed by atoms with Crippen LogP contribution in [0.5, 0.6) is 0 Å². The smallest absolute Gasteiger partial charge is 0.462 e. The third kappa shape index (κ3) is 69.0. The van der Waals surface area contributed by atoms with Crippen LogP contribution in [-0.2, 0) is 65.4 Å². The van der Waals surface area contributed by atoms with Crippen LogP contribution in [0.4, 0.5) is 0 Å². The van der Waals surface area contributed by atoms with Crippen molar-refractivity contribution in [2.45, 2.75) is 419 Å². The molecule has 0 radical (unpaired) electrons. The first-order chi connectivity index (χ1) is 46.1. The number of aliphatic hydroxyl groups is 1. The van der Waals surface area contributed by atoms with Crippen molar-refractivity contribution < 1.29 is 80.2 Å². The number of esters is 4. The number of carbonyl (C=O) groups excluding carboxylic acids is 4. The lowest BCUT2D eigenvalue weighted by Gasteiger charge is -2.21. The molecular formula is C76H148O17P2. The molecule has 17 nitrogen and oxygen atoms in total. The second-order valence-electron chi connectivity index (χ2n) is 27.6. The number of unbranched alkanes of at least 4 members (excludes halogenated alkanes) is 47. The summed E-state index contributed by atoms with van der Waals surface area (Å²) in [6.07, 6.45) is 58.7. The monoisotopic (exact) mass is 1400 g/mol. The van der Waals surface area contributed by atoms with Crippen LogP contribution in [0, 0.1) is 5.92 Å². The maximum absolute atomic E-state index is 13.1. The first-order valence-electron chi connectivity index (χ1n) is 39.7. The molecule has 19 heteroatoms. The number of ether oxygens (including phenoxy) is 4. The molecule has 95 heavy (non-hydrogen) atoms. The molecule has 3 unspecified atom stereocenters. The Bertz CT molecular complexity index is 1820. The van der Waals surface area contributed by atoms with Crippen molar-refractivity contribution in [1.82, 2.24) is 0 Å². The Labute approximate surface area is 581 Å². The highest BCUT2D eigenvalue weighted by Crippen LogP contribution is 2.45. The summed E-state index contributed by atoms with van der Waals surface area (Å²) in [7, 11) is -9.90. The van der Waals surface area contributed by atoms with Gasteiger partial charge in [-0.2, -0.15) is 0 Å². The fourth-order valence-electron chi connectivity index (χ4n) is 11.7. The highest BCUT2D eigenvalue weighted by molar-refractivity contribution is 7.47. The molecule has 0 aliphatic rings. The molecule has 0 saturated carbocycles. The van der Waals surface area contributed by atoms with E-state index in [0.29, 0.717) is 25.7 Å². The molecule has 0 aromatic carbocycles. The van der Waals surface area contributed by atoms with Crippen LogP contribution in [0.3, 0.4) is 0 Å². The zero-order valence-corrected chi connectivity index (χ0v) is 63.6. The predicted molar refractivity (Wildman–Crippen MR) is 386 cm³/mol. The maximum atomic E-state index is 13.1. The fourth-order valence-corrected chi connectivity index (χ4v) is 13.3. The first kappa shape index (κ1) is 93.1. The van der Waals surface area contributed by atoms with E-state index in [1.807, 2.05) is 0 Å². The van der Waals surface area contributed by atoms with E-state index in [2.05, 4.69) is 34.6 Å². The summed E-state index contributed by atoms with van der Waals surface area (Å²) in [5, 5.41) is 10.6. The lowest BCUT2D eigenvalue weighted by Crippen LogP contribution is -2.30. The van der Waals surface area contributed by atoms with E-state index >= 15 is 0 Å². The molecule has 0 aliphatic heterocycles. The van der Waals surface area contributed by atoms with E-state index in [9.17, 15) is 43.2 Å². The standard InChI is InChI=1S/C76H148O17P2/c1-6-10-13-16-19-21-23-25-27-29-31-33-35-37-39-41-44-50-55-60-74(79)87-66-71(92-75(80)61-56-51-45-42-40-38-36-34-32-30-28-26-24-22-20-17-14-11-7-2)67-90-94(82,83)88-63-70(77)64-89-95(84,85)91-68-72(65-86-73(78)59-54-49-43-18-15-12-8-3)93-76(81)62-57-52-47-46-48-53-58-69(5)9-4/h69-72,77H,6-68H2,1-5H3,(H,82,83)(H,84,85)/t69?,70-,71-,72-/m1/s1. The molecule has 0 bridgehead atoms. The van der Waals surface area contributed by atoms with Gasteiger partial charge in [0.2, 0.25) is 0 Å². The van der Waals surface area contributed by atoms with Crippen molar-refractivity contribution in [3.63, 3.8) is 0 Å². The number of carbonyl (C=O) groups is 4. The number of aliphatic hydroxyl groups excluding tert-OH is 1. The summed E-state index contributed by atoms with van der Waals surface area (Å²) < 4.78 is 68.4. The van der Waals surface area contributed by atoms with Crippen LogP contribution in [-0.4, -0.2) is 96.7 Å². The van der Waals surface area contributed by atoms with Crippen LogP contribution in [0.1, 0.15) is 401 Å². The van der Waals surface area contributed by atoms with E-state index in [0.717, 1.165) is 109 Å². The SMILES string of the molecule is CCCCCCCCCCCCCCCCCCCCCC(=O)OC[C@H](COP(=O)(O)OC[C@@H](O)COP(=O)(O)OC[C@@H](COC(=O)CCCCCCCCC)OC(=O)CCCCCCCCC(C)CC)OC(=O)CCCCCCCCCCCCCCCCCCCCC. The van der Waals surface area contributed by atoms with Crippen LogP contribution in [0.15, 0.2) is 0 Å². The van der Waals surface area contributed by atoms with Crippen LogP contribution < -0.4 is 0 Å². The quantitative estimate of drug-likeness (QED) is 0.0222. The highest BCUT2D eigenvalue weighted by Gasteiger charge is 2.30. The average molecular weight is 1400 g/mol. The largest absolute Gasteiger partial charge is 0.472 e. The molecule has 3 N–H and O–H groups in total. The second kappa shape index (κ2) is 69.2. The van der Waals surface area contributed by atoms with E-state index in [1.54, 1.807) is 0 Å². The Morgan fingerprint density at radius 2 is 0.505 bits per heavy atom. The minimum atomic E-state index is -4.96. The molecule has 0 rings (SSSR count). The molecule has 0 aromatic heterocycles. The average Bonchev–Trinajstić information content (AvgIpc) is 3.46. The highest BCUT2D eigenvalue weighted by atomic mass is 31.2. The first-order valence-corrected chi connectivity index (χ1v) is 42.7. The Balaban J connectivity index is 5.16. The van der Waals surface area contributed by atoms with Gasteiger partial charge in [0.25, 0.3) is 0 Å². The van der Waals surface area contributed by atoms with Gasteiger partial charge in [-0.1, -0.05) is 349 Å². The molecular weight excluding hydrogens is 1250 g/mol. The molecule has 0 heterocycles. The second-order valence-corrected chi connectivity index (χ2v) is 30.5. The number of rotatable bonds is 76. The molecule has 0 aromatic rings. The van der Waals surface area contributed by atoms with E-state index in [-0.39, 0.29) is 25.7 Å². The normalized spacial score (nSPS) is 14.2. The number of hydrogen-bond acceptors (Lipinski definition) is 15. The summed E-state index contributed by atoms with van der Waals surface area (Å²) in [5.74, 6) is -1.40. The van der Waals surface area contributed by atoms with Gasteiger partial charge in [-0.15, -0.1) is 0 Å². The van der Waals surface area contributed by atoms with Crippen molar-refractivity contribution in [2.24, 2.45) is 5.92 Å². The van der Waals surface area contributed by atoms with Crippen LogP contribution in [0.25, 0.3) is 0 Å². The van der Waals surface area contributed by atoms with E-state index in [4.69, 9.17) is 37.0 Å². The van der Waals surface area contributed by atoms with Crippen molar-refractivity contribution in [3.05, 3.63) is 0 Å². The third-order valence-corrected chi connectivity index (χ3v) is 20.0. The van der Waals surface area contributed by atoms with Crippen molar-refractivity contribution >= 4 is 39.5 Å². The van der Waals surface area contributed by atoms with Crippen molar-refractivity contribution in [3.8, 4) is 0 Å². The van der Waals surface area contributed by atoms with E-state index in [1.165, 1.54) is 212 Å². The minimum absolute atomic E-state index is 0.103. The molecule has 0 aliphatic carbocycles. The van der Waals surface area contributed by atoms with Gasteiger partial charge >= 0.3 is 39.5 Å². The van der Waals surface area contributed by atoms with Gasteiger partial charge < -0.3 is 33.8 Å². The van der Waals surface area contributed by atoms with Gasteiger partial charge in [-0.05, 0) is 31.6 Å². The molecule has 0 amide bonds. The van der Waals surface area contributed by atoms with Gasteiger partial charge in [0, 0.05) is 25.7 Å². The minimum Gasteiger partial charge on any atom is -0.462 e. The van der Waals surface area contributed by atoms with Gasteiger partial charge in [-0.25, -0.2) is 9.13 Å². The molecule has 0 fully saturated rings. The van der Waals surface area contributed by atoms with Gasteiger partial charge in [0.1, 0.15) is 19.3 Å². The number of phosphoric ester groups is 2. The van der Waals surface area contributed by atoms with Crippen molar-refractivity contribution in [1.29, 1.82) is 0 Å². The van der Waals surface area contributed by atoms with Gasteiger partial charge in [0.05, 0.1) is 26.4 Å². The molecule has 0 spiro atoms. The summed E-state index contributed by atoms with van der Waals surface area (Å²) in [5.41, 5.74) is 0. The Hall–Kier alpha value is -1.94. The van der Waals surface area contributed by atoms with Gasteiger partial charge in [-0.3, -0.25) is 37.3 Å². The lowest BCUT2D eigenvalue weighted by molar-refractivity contribution is -0.161. The molecule has 564 valence electrons. The van der Waals surface area contributed by atoms with E-state index < -0.39 is 97.5 Å². The maximum Gasteiger partial charge on any atom is 0.472 e. The Morgan fingerprint density at radius 1 is 0.295 bits per heavy atom. The topological polar surface area (TPSA) is 237 Å². The Kier molecular flexibility index (Phi) is 67.7. The summed E-state index contributed by atoms with van der Waals surface area (Å²) >= 11 is 0. The van der Waals surface area contributed by atoms with Crippen LogP contribution >= 0.6 is 15.6 Å². The predicted octanol–water partition coefficient (Wildman–Crippen LogP) is 22.5. The molecule has 0 saturated heterocycles. The number of phosphoric acid groups is 2. The lowest BCUT2D eigenvalue weighted by atomic mass is 10.00. The molecule has 6 atom stereocenters. The number of hydrogen-bond donors (Lipinski definition) is 3.